The lowest BCUT2D eigenvalue weighted by Gasteiger charge is -1.99. The van der Waals surface area contributed by atoms with E-state index in [1.165, 1.54) is 0 Å². The lowest BCUT2D eigenvalue weighted by atomic mass is 10.2. The van der Waals surface area contributed by atoms with E-state index in [1.807, 2.05) is 43.5 Å². The second-order valence-electron chi connectivity index (χ2n) is 4.74. The molecule has 3 rings (SSSR count). The van der Waals surface area contributed by atoms with Crippen LogP contribution in [0.5, 0.6) is 0 Å². The normalized spacial score (nSPS) is 21.1. The van der Waals surface area contributed by atoms with Crippen molar-refractivity contribution in [2.45, 2.75) is 19.3 Å². The molecule has 4 nitrogen and oxygen atoms in total. The summed E-state index contributed by atoms with van der Waals surface area (Å²) >= 11 is 0. The highest BCUT2D eigenvalue weighted by Gasteiger charge is 2.47. The molecular formula is C15H16N2O2. The van der Waals surface area contributed by atoms with Crippen molar-refractivity contribution in [2.24, 2.45) is 5.92 Å². The Labute approximate surface area is 111 Å². The molecule has 1 aromatic carbocycles. The van der Waals surface area contributed by atoms with Crippen molar-refractivity contribution < 1.29 is 9.53 Å². The first kappa shape index (κ1) is 12.0. The van der Waals surface area contributed by atoms with Crippen LogP contribution < -0.4 is 0 Å². The first-order valence-electron chi connectivity index (χ1n) is 6.57. The number of nitrogens with one attached hydrogen (secondary N) is 1. The molecule has 1 aliphatic carbocycles. The van der Waals surface area contributed by atoms with Gasteiger partial charge in [0.05, 0.1) is 18.2 Å². The fourth-order valence-corrected chi connectivity index (χ4v) is 2.29. The van der Waals surface area contributed by atoms with Crippen LogP contribution in [0, 0.1) is 5.92 Å². The van der Waals surface area contributed by atoms with E-state index in [0.717, 1.165) is 23.5 Å². The molecular weight excluding hydrogens is 240 g/mol. The molecule has 2 unspecified atom stereocenters. The van der Waals surface area contributed by atoms with Crippen molar-refractivity contribution in [1.82, 2.24) is 9.97 Å². The number of hydrogen-bond acceptors (Lipinski definition) is 3. The predicted molar refractivity (Wildman–Crippen MR) is 71.5 cm³/mol. The molecule has 0 spiro atoms. The summed E-state index contributed by atoms with van der Waals surface area (Å²) in [5.41, 5.74) is 2.00. The lowest BCUT2D eigenvalue weighted by Crippen LogP contribution is -2.07. The van der Waals surface area contributed by atoms with Gasteiger partial charge >= 0.3 is 5.97 Å². The van der Waals surface area contributed by atoms with Gasteiger partial charge in [-0.25, -0.2) is 4.98 Å². The maximum Gasteiger partial charge on any atom is 0.309 e. The topological polar surface area (TPSA) is 55.0 Å². The molecule has 1 saturated carbocycles. The van der Waals surface area contributed by atoms with Crippen molar-refractivity contribution in [1.29, 1.82) is 0 Å². The number of ether oxygens (including phenoxy) is 1. The molecule has 19 heavy (non-hydrogen) atoms. The number of carbonyl (C=O) groups excluding carboxylic acids is 1. The fraction of sp³-hybridized carbons (Fsp3) is 0.333. The highest BCUT2D eigenvalue weighted by molar-refractivity contribution is 5.77. The van der Waals surface area contributed by atoms with Crippen molar-refractivity contribution in [3.8, 4) is 11.3 Å². The maximum absolute atomic E-state index is 11.6. The largest absolute Gasteiger partial charge is 0.466 e. The highest BCUT2D eigenvalue weighted by atomic mass is 16.5. The van der Waals surface area contributed by atoms with Gasteiger partial charge in [0.1, 0.15) is 5.82 Å². The Balaban J connectivity index is 1.72. The quantitative estimate of drug-likeness (QED) is 0.856. The molecule has 1 N–H and O–H groups in total. The summed E-state index contributed by atoms with van der Waals surface area (Å²) in [7, 11) is 0. The van der Waals surface area contributed by atoms with E-state index in [-0.39, 0.29) is 17.8 Å². The molecule has 2 aromatic rings. The fourth-order valence-electron chi connectivity index (χ4n) is 2.29. The number of imidazole rings is 1. The number of nitrogens with zero attached hydrogens (tertiary/aromatic N) is 1. The van der Waals surface area contributed by atoms with Crippen LogP contribution in [0.15, 0.2) is 36.5 Å². The third kappa shape index (κ3) is 2.38. The third-order valence-corrected chi connectivity index (χ3v) is 3.40. The van der Waals surface area contributed by atoms with Gasteiger partial charge in [0, 0.05) is 17.7 Å². The number of rotatable bonds is 4. The van der Waals surface area contributed by atoms with Crippen LogP contribution in [-0.4, -0.2) is 22.5 Å². The summed E-state index contributed by atoms with van der Waals surface area (Å²) in [6.45, 7) is 2.27. The van der Waals surface area contributed by atoms with Crippen molar-refractivity contribution >= 4 is 5.97 Å². The van der Waals surface area contributed by atoms with E-state index in [9.17, 15) is 4.79 Å². The molecule has 0 amide bonds. The van der Waals surface area contributed by atoms with Gasteiger partial charge in [-0.2, -0.15) is 0 Å². The van der Waals surface area contributed by atoms with E-state index in [0.29, 0.717) is 6.61 Å². The Morgan fingerprint density at radius 2 is 2.21 bits per heavy atom. The van der Waals surface area contributed by atoms with Crippen molar-refractivity contribution in [3.05, 3.63) is 42.4 Å². The standard InChI is InChI=1S/C15H16N2O2/c1-2-19-15(18)12-8-11(12)14-16-9-13(17-14)10-6-4-3-5-7-10/h3-7,9,11-12H,2,8H2,1H3,(H,16,17). The molecule has 1 aromatic heterocycles. The zero-order chi connectivity index (χ0) is 13.2. The first-order chi connectivity index (χ1) is 9.29. The number of H-pyrrole nitrogens is 1. The molecule has 0 radical (unpaired) electrons. The minimum Gasteiger partial charge on any atom is -0.466 e. The molecule has 0 saturated heterocycles. The van der Waals surface area contributed by atoms with Crippen LogP contribution in [0.2, 0.25) is 0 Å². The van der Waals surface area contributed by atoms with Crippen molar-refractivity contribution in [3.63, 3.8) is 0 Å². The maximum atomic E-state index is 11.6. The molecule has 1 aliphatic rings. The van der Waals surface area contributed by atoms with E-state index in [2.05, 4.69) is 9.97 Å². The summed E-state index contributed by atoms with van der Waals surface area (Å²) in [5.74, 6) is 0.952. The third-order valence-electron chi connectivity index (χ3n) is 3.40. The zero-order valence-electron chi connectivity index (χ0n) is 10.8. The molecule has 1 heterocycles. The number of benzene rings is 1. The monoisotopic (exact) mass is 256 g/mol. The van der Waals surface area contributed by atoms with Gasteiger partial charge < -0.3 is 9.72 Å². The van der Waals surface area contributed by atoms with Gasteiger partial charge in [-0.3, -0.25) is 4.79 Å². The first-order valence-corrected chi connectivity index (χ1v) is 6.57. The van der Waals surface area contributed by atoms with Crippen LogP contribution in [0.1, 0.15) is 25.1 Å². The number of esters is 1. The Hall–Kier alpha value is -2.10. The summed E-state index contributed by atoms with van der Waals surface area (Å²) in [5, 5.41) is 0. The van der Waals surface area contributed by atoms with E-state index < -0.39 is 0 Å². The minimum absolute atomic E-state index is 0.0188. The van der Waals surface area contributed by atoms with Crippen LogP contribution in [0.25, 0.3) is 11.3 Å². The van der Waals surface area contributed by atoms with Crippen LogP contribution in [-0.2, 0) is 9.53 Å². The second-order valence-corrected chi connectivity index (χ2v) is 4.74. The number of aromatic amines is 1. The van der Waals surface area contributed by atoms with Gasteiger partial charge in [0.15, 0.2) is 0 Å². The molecule has 4 heteroatoms. The lowest BCUT2D eigenvalue weighted by molar-refractivity contribution is -0.144. The van der Waals surface area contributed by atoms with Gasteiger partial charge in [-0.15, -0.1) is 0 Å². The Bertz CT molecular complexity index is 577. The summed E-state index contributed by atoms with van der Waals surface area (Å²) in [6, 6.07) is 10.0. The highest BCUT2D eigenvalue weighted by Crippen LogP contribution is 2.47. The van der Waals surface area contributed by atoms with Crippen LogP contribution >= 0.6 is 0 Å². The minimum atomic E-state index is -0.106. The SMILES string of the molecule is CCOC(=O)C1CC1c1nc(-c2ccccc2)c[nH]1. The zero-order valence-corrected chi connectivity index (χ0v) is 10.8. The average molecular weight is 256 g/mol. The van der Waals surface area contributed by atoms with Crippen LogP contribution in [0.4, 0.5) is 0 Å². The summed E-state index contributed by atoms with van der Waals surface area (Å²) in [4.78, 5) is 19.3. The Morgan fingerprint density at radius 3 is 2.95 bits per heavy atom. The van der Waals surface area contributed by atoms with E-state index in [1.54, 1.807) is 0 Å². The van der Waals surface area contributed by atoms with Gasteiger partial charge in [-0.1, -0.05) is 30.3 Å². The number of aromatic nitrogens is 2. The summed E-state index contributed by atoms with van der Waals surface area (Å²) in [6.07, 6.45) is 2.73. The molecule has 1 fully saturated rings. The van der Waals surface area contributed by atoms with Gasteiger partial charge in [0.2, 0.25) is 0 Å². The van der Waals surface area contributed by atoms with Crippen LogP contribution in [0.3, 0.4) is 0 Å². The van der Waals surface area contributed by atoms with Crippen molar-refractivity contribution in [2.75, 3.05) is 6.61 Å². The van der Waals surface area contributed by atoms with E-state index in [4.69, 9.17) is 4.74 Å². The Kier molecular flexibility index (Phi) is 3.07. The molecule has 0 bridgehead atoms. The smallest absolute Gasteiger partial charge is 0.309 e. The van der Waals surface area contributed by atoms with E-state index >= 15 is 0 Å². The molecule has 98 valence electrons. The number of carbonyl (C=O) groups is 1. The predicted octanol–water partition coefficient (Wildman–Crippen LogP) is 2.74. The average Bonchev–Trinajstić information content (AvgIpc) is 3.10. The Morgan fingerprint density at radius 1 is 1.42 bits per heavy atom. The summed E-state index contributed by atoms with van der Waals surface area (Å²) < 4.78 is 5.03. The van der Waals surface area contributed by atoms with Gasteiger partial charge in [-0.05, 0) is 13.3 Å². The molecule has 0 aliphatic heterocycles. The van der Waals surface area contributed by atoms with Gasteiger partial charge in [0.25, 0.3) is 0 Å². The second kappa shape index (κ2) is 4.88. The molecule has 2 atom stereocenters. The number of hydrogen-bond donors (Lipinski definition) is 1.